The Kier molecular flexibility index (Phi) is 19.1. The van der Waals surface area contributed by atoms with Crippen LogP contribution in [0.3, 0.4) is 0 Å². The number of anilines is 1. The van der Waals surface area contributed by atoms with Gasteiger partial charge >= 0.3 is 88.7 Å². The molecule has 306 valence electrons. The number of allylic oxidation sites excluding steroid dienone is 4. The number of sulfone groups is 2. The van der Waals surface area contributed by atoms with Crippen LogP contribution in [-0.2, 0) is 76.7 Å². The summed E-state index contributed by atoms with van der Waals surface area (Å²) in [5.74, 6) is -4.62. The van der Waals surface area contributed by atoms with Crippen molar-refractivity contribution in [1.29, 1.82) is 0 Å². The Morgan fingerprint density at radius 1 is 0.655 bits per heavy atom. The molecule has 58 heavy (non-hydrogen) atoms. The smallest absolute Gasteiger partial charge is 0.748 e. The van der Waals surface area contributed by atoms with E-state index in [0.29, 0.717) is 33.9 Å². The van der Waals surface area contributed by atoms with E-state index in [0.717, 1.165) is 6.07 Å². The molecular weight excluding hydrogens is 918 g/mol. The van der Waals surface area contributed by atoms with Crippen LogP contribution in [-0.4, -0.2) is 120 Å². The first kappa shape index (κ1) is 55.9. The Morgan fingerprint density at radius 3 is 1.76 bits per heavy atom. The van der Waals surface area contributed by atoms with Gasteiger partial charge in [0.05, 0.1) is 59.3 Å². The van der Waals surface area contributed by atoms with E-state index in [4.69, 9.17) is 0 Å². The topological polar surface area (TPSA) is 303 Å². The summed E-state index contributed by atoms with van der Waals surface area (Å²) in [5, 5.41) is -1.62. The van der Waals surface area contributed by atoms with Crippen molar-refractivity contribution < 1.29 is 162 Å². The molecule has 0 spiro atoms. The van der Waals surface area contributed by atoms with Crippen molar-refractivity contribution >= 4 is 77.2 Å². The SMILES string of the molecule is CC1(C)C(C=C/C=C2/N(CCS(=O)(=O)[O-])c3ccc(CS(=O)(=O)CS(=O)(=O)[O-])cc3C2(C)C)=[N+](CCS(=O)(=O)[O-])c2ccc(S(=O)(=O)CCS(=O)(=O)[O-])cc21.[Na+].[Na+].[Na+]. The minimum Gasteiger partial charge on any atom is -0.748 e. The molecule has 0 radical (unpaired) electrons. The Balaban J connectivity index is 0.00000561. The summed E-state index contributed by atoms with van der Waals surface area (Å²) in [7, 11) is -28.1. The second-order valence-corrected chi connectivity index (χ2v) is 24.6. The van der Waals surface area contributed by atoms with E-state index in [9.17, 15) is 68.7 Å². The third-order valence-electron chi connectivity index (χ3n) is 9.13. The van der Waals surface area contributed by atoms with Crippen LogP contribution in [0.4, 0.5) is 11.4 Å². The first-order chi connectivity index (χ1) is 24.7. The average Bonchev–Trinajstić information content (AvgIpc) is 3.33. The van der Waals surface area contributed by atoms with Crippen LogP contribution < -0.4 is 93.6 Å². The molecule has 2 aliphatic rings. The normalized spacial score (nSPS) is 17.4. The molecule has 0 saturated heterocycles. The minimum absolute atomic E-state index is 0. The van der Waals surface area contributed by atoms with Gasteiger partial charge in [-0.3, -0.25) is 0 Å². The molecule has 0 bridgehead atoms. The predicted octanol–water partition coefficient (Wildman–Crippen LogP) is -8.86. The van der Waals surface area contributed by atoms with Gasteiger partial charge in [-0.05, 0) is 49.2 Å². The van der Waals surface area contributed by atoms with Gasteiger partial charge in [-0.2, -0.15) is 4.58 Å². The first-order valence-corrected chi connectivity index (χ1v) is 25.8. The third kappa shape index (κ3) is 14.5. The van der Waals surface area contributed by atoms with E-state index in [2.05, 4.69) is 0 Å². The van der Waals surface area contributed by atoms with Crippen molar-refractivity contribution in [2.75, 3.05) is 46.1 Å². The van der Waals surface area contributed by atoms with Crippen LogP contribution in [0.1, 0.15) is 44.4 Å². The predicted molar refractivity (Wildman–Crippen MR) is 196 cm³/mol. The Labute approximate surface area is 406 Å². The fraction of sp³-hybridized carbons (Fsp3) is 0.452. The minimum atomic E-state index is -5.11. The van der Waals surface area contributed by atoms with E-state index in [1.165, 1.54) is 45.9 Å². The van der Waals surface area contributed by atoms with Crippen LogP contribution in [0, 0.1) is 0 Å². The Hall–Kier alpha value is -0.0700. The zero-order valence-electron chi connectivity index (χ0n) is 32.7. The van der Waals surface area contributed by atoms with Crippen molar-refractivity contribution in [3.05, 3.63) is 77.0 Å². The van der Waals surface area contributed by atoms with Crippen molar-refractivity contribution in [2.24, 2.45) is 0 Å². The Bertz CT molecular complexity index is 2700. The van der Waals surface area contributed by atoms with E-state index in [1.54, 1.807) is 39.8 Å². The molecule has 0 saturated carbocycles. The van der Waals surface area contributed by atoms with E-state index in [-0.39, 0.29) is 112 Å². The van der Waals surface area contributed by atoms with Gasteiger partial charge in [0.25, 0.3) is 0 Å². The fourth-order valence-corrected chi connectivity index (χ4v) is 12.7. The van der Waals surface area contributed by atoms with Gasteiger partial charge in [0, 0.05) is 41.1 Å². The first-order valence-electron chi connectivity index (χ1n) is 16.0. The average molecular weight is 955 g/mol. The summed E-state index contributed by atoms with van der Waals surface area (Å²) in [6.07, 6.45) is 4.63. The maximum Gasteiger partial charge on any atom is 1.00 e. The summed E-state index contributed by atoms with van der Waals surface area (Å²) in [4.78, 5) is 1.22. The van der Waals surface area contributed by atoms with Crippen LogP contribution in [0.15, 0.2) is 65.2 Å². The monoisotopic (exact) mass is 954 g/mol. The molecule has 0 unspecified atom stereocenters. The summed E-state index contributed by atoms with van der Waals surface area (Å²) in [6, 6.07) is 8.07. The molecule has 27 heteroatoms. The van der Waals surface area contributed by atoms with Crippen LogP contribution in [0.25, 0.3) is 0 Å². The van der Waals surface area contributed by atoms with Gasteiger partial charge in [0.15, 0.2) is 31.9 Å². The second-order valence-electron chi connectivity index (χ2n) is 14.0. The quantitative estimate of drug-likeness (QED) is 0.0857. The van der Waals surface area contributed by atoms with Crippen molar-refractivity contribution in [2.45, 2.75) is 49.2 Å². The molecule has 0 aromatic heterocycles. The molecule has 4 rings (SSSR count). The van der Waals surface area contributed by atoms with E-state index in [1.807, 2.05) is 0 Å². The maximum absolute atomic E-state index is 13.0. The molecule has 0 fully saturated rings. The van der Waals surface area contributed by atoms with Gasteiger partial charge in [0.2, 0.25) is 5.69 Å². The summed E-state index contributed by atoms with van der Waals surface area (Å²) in [6.45, 7) is 6.09. The summed E-state index contributed by atoms with van der Waals surface area (Å²) in [5.41, 5.74) is 0.364. The third-order valence-corrected chi connectivity index (χ3v) is 16.5. The van der Waals surface area contributed by atoms with Crippen molar-refractivity contribution in [1.82, 2.24) is 0 Å². The van der Waals surface area contributed by atoms with Gasteiger partial charge in [0.1, 0.15) is 25.3 Å². The summed E-state index contributed by atoms with van der Waals surface area (Å²) >= 11 is 0. The van der Waals surface area contributed by atoms with Crippen LogP contribution in [0.5, 0.6) is 0 Å². The van der Waals surface area contributed by atoms with Gasteiger partial charge in [-0.15, -0.1) is 0 Å². The maximum atomic E-state index is 13.0. The van der Waals surface area contributed by atoms with E-state index < -0.39 is 105 Å². The van der Waals surface area contributed by atoms with Gasteiger partial charge in [-0.25, -0.2) is 50.5 Å². The zero-order valence-corrected chi connectivity index (χ0v) is 43.6. The number of fused-ring (bicyclic) bond motifs is 2. The summed E-state index contributed by atoms with van der Waals surface area (Å²) < 4.78 is 189. The molecule has 0 N–H and O–H groups in total. The fourth-order valence-electron chi connectivity index (χ4n) is 6.62. The largest absolute Gasteiger partial charge is 1.00 e. The molecule has 2 aliphatic heterocycles. The zero-order chi connectivity index (χ0) is 41.8. The Morgan fingerprint density at radius 2 is 1.22 bits per heavy atom. The number of nitrogens with zero attached hydrogens (tertiary/aromatic N) is 2. The molecular formula is C31H37N2Na3O16S6. The molecule has 2 aromatic carbocycles. The molecule has 0 aliphatic carbocycles. The number of hydrogen-bond acceptors (Lipinski definition) is 17. The number of benzene rings is 2. The van der Waals surface area contributed by atoms with Gasteiger partial charge < -0.3 is 23.1 Å². The molecule has 0 atom stereocenters. The molecule has 2 heterocycles. The number of hydrogen-bond donors (Lipinski definition) is 0. The number of rotatable bonds is 16. The van der Waals surface area contributed by atoms with Crippen molar-refractivity contribution in [3.63, 3.8) is 0 Å². The molecule has 2 aromatic rings. The standard InChI is InChI=1S/C31H40N2O16S6.3Na/c1-30(2)24-18-22(20-50(34,35)21-55(47,48)49)8-10-26(24)32(12-14-52(38,39)40)28(30)6-5-7-29-31(3,4)25-19-23(51(36,37)16-17-54(44,45)46)9-11-27(25)33(29)13-15-53(41,42)43;;;/h5-11,18-19H,12-17,20-21H2,1-4H3,(H3-,38,39,40,41,42,43,44,45,46,47,48,49);;;/q;3*+1/p-3. The molecule has 18 nitrogen and oxygen atoms in total. The van der Waals surface area contributed by atoms with Crippen LogP contribution in [0.2, 0.25) is 0 Å². The molecule has 0 amide bonds. The van der Waals surface area contributed by atoms with Crippen LogP contribution >= 0.6 is 0 Å². The van der Waals surface area contributed by atoms with Gasteiger partial charge in [-0.1, -0.05) is 32.1 Å². The van der Waals surface area contributed by atoms with Crippen molar-refractivity contribution in [3.8, 4) is 0 Å². The second kappa shape index (κ2) is 19.8. The van der Waals surface area contributed by atoms with E-state index >= 15 is 0 Å².